The second-order valence-electron chi connectivity index (χ2n) is 4.82. The van der Waals surface area contributed by atoms with Crippen LogP contribution in [0.2, 0.25) is 0 Å². The third kappa shape index (κ3) is 5.19. The summed E-state index contributed by atoms with van der Waals surface area (Å²) in [5, 5.41) is 9.34. The molecule has 0 aliphatic rings. The van der Waals surface area contributed by atoms with Crippen LogP contribution in [0.25, 0.3) is 0 Å². The fraction of sp³-hybridized carbons (Fsp3) is 0.500. The van der Waals surface area contributed by atoms with E-state index >= 15 is 0 Å². The van der Waals surface area contributed by atoms with Crippen molar-refractivity contribution in [2.75, 3.05) is 34.2 Å². The van der Waals surface area contributed by atoms with E-state index in [1.165, 1.54) is 0 Å². The summed E-state index contributed by atoms with van der Waals surface area (Å²) in [5.41, 5.74) is 0.847. The molecule has 1 rings (SSSR count). The van der Waals surface area contributed by atoms with E-state index < -0.39 is 0 Å². The van der Waals surface area contributed by atoms with Gasteiger partial charge in [-0.05, 0) is 44.8 Å². The van der Waals surface area contributed by atoms with Crippen molar-refractivity contribution in [1.29, 1.82) is 0 Å². The summed E-state index contributed by atoms with van der Waals surface area (Å²) in [6.45, 7) is 1.74. The molecule has 4 nitrogen and oxygen atoms in total. The van der Waals surface area contributed by atoms with Crippen LogP contribution in [0.1, 0.15) is 12.0 Å². The lowest BCUT2D eigenvalue weighted by molar-refractivity contribution is -0.129. The molecule has 0 aliphatic heterocycles. The summed E-state index contributed by atoms with van der Waals surface area (Å²) in [6, 6.07) is 6.84. The summed E-state index contributed by atoms with van der Waals surface area (Å²) >= 11 is 0. The van der Waals surface area contributed by atoms with Crippen molar-refractivity contribution in [3.8, 4) is 5.75 Å². The van der Waals surface area contributed by atoms with Gasteiger partial charge in [-0.2, -0.15) is 0 Å². The van der Waals surface area contributed by atoms with Crippen molar-refractivity contribution in [1.82, 2.24) is 9.80 Å². The minimum Gasteiger partial charge on any atom is -0.508 e. The second-order valence-corrected chi connectivity index (χ2v) is 4.82. The Labute approximate surface area is 109 Å². The number of amides is 1. The lowest BCUT2D eigenvalue weighted by Gasteiger charge is -2.18. The number of carbonyl (C=O) groups excluding carboxylic acids is 1. The first-order valence-corrected chi connectivity index (χ1v) is 6.15. The molecule has 0 atom stereocenters. The fourth-order valence-electron chi connectivity index (χ4n) is 1.72. The summed E-state index contributed by atoms with van der Waals surface area (Å²) in [7, 11) is 5.87. The second kappa shape index (κ2) is 7.01. The molecule has 0 aromatic heterocycles. The minimum atomic E-state index is 0.0827. The van der Waals surface area contributed by atoms with Gasteiger partial charge in [0.15, 0.2) is 0 Å². The van der Waals surface area contributed by atoms with Gasteiger partial charge in [-0.1, -0.05) is 12.1 Å². The number of phenols is 1. The van der Waals surface area contributed by atoms with Gasteiger partial charge in [-0.15, -0.1) is 0 Å². The van der Waals surface area contributed by atoms with E-state index in [1.807, 2.05) is 27.2 Å². The lowest BCUT2D eigenvalue weighted by Crippen LogP contribution is -2.30. The van der Waals surface area contributed by atoms with Gasteiger partial charge in [0.1, 0.15) is 5.75 Å². The molecule has 0 bridgehead atoms. The maximum absolute atomic E-state index is 11.9. The topological polar surface area (TPSA) is 43.8 Å². The predicted octanol–water partition coefficient (Wildman–Crippen LogP) is 1.34. The van der Waals surface area contributed by atoms with Crippen LogP contribution >= 0.6 is 0 Å². The first-order valence-electron chi connectivity index (χ1n) is 6.15. The molecular weight excluding hydrogens is 228 g/mol. The molecule has 1 aromatic rings. The van der Waals surface area contributed by atoms with Gasteiger partial charge in [-0.3, -0.25) is 4.79 Å². The summed E-state index contributed by atoms with van der Waals surface area (Å²) < 4.78 is 0. The Balaban J connectivity index is 2.40. The SMILES string of the molecule is CN(C)CCCN(C)C(=O)Cc1cccc(O)c1. The first kappa shape index (κ1) is 14.5. The zero-order valence-corrected chi connectivity index (χ0v) is 11.4. The van der Waals surface area contributed by atoms with E-state index in [-0.39, 0.29) is 11.7 Å². The van der Waals surface area contributed by atoms with Crippen molar-refractivity contribution in [3.05, 3.63) is 29.8 Å². The van der Waals surface area contributed by atoms with Gasteiger partial charge in [-0.25, -0.2) is 0 Å². The van der Waals surface area contributed by atoms with Gasteiger partial charge < -0.3 is 14.9 Å². The van der Waals surface area contributed by atoms with Crippen LogP contribution < -0.4 is 0 Å². The number of phenolic OH excluding ortho intramolecular Hbond substituents is 1. The van der Waals surface area contributed by atoms with Crippen molar-refractivity contribution in [2.24, 2.45) is 0 Å². The lowest BCUT2D eigenvalue weighted by atomic mass is 10.1. The molecule has 18 heavy (non-hydrogen) atoms. The van der Waals surface area contributed by atoms with Crippen LogP contribution in [0.15, 0.2) is 24.3 Å². The van der Waals surface area contributed by atoms with E-state index in [2.05, 4.69) is 4.90 Å². The van der Waals surface area contributed by atoms with E-state index in [1.54, 1.807) is 23.1 Å². The fourth-order valence-corrected chi connectivity index (χ4v) is 1.72. The predicted molar refractivity (Wildman–Crippen MR) is 72.6 cm³/mol. The van der Waals surface area contributed by atoms with E-state index in [0.29, 0.717) is 6.42 Å². The largest absolute Gasteiger partial charge is 0.508 e. The molecule has 4 heteroatoms. The molecule has 1 N–H and O–H groups in total. The van der Waals surface area contributed by atoms with Crippen LogP contribution in [0, 0.1) is 0 Å². The number of nitrogens with zero attached hydrogens (tertiary/aromatic N) is 2. The molecule has 1 aromatic carbocycles. The van der Waals surface area contributed by atoms with E-state index in [0.717, 1.165) is 25.1 Å². The van der Waals surface area contributed by atoms with Gasteiger partial charge in [0.05, 0.1) is 6.42 Å². The van der Waals surface area contributed by atoms with Crippen LogP contribution in [0.3, 0.4) is 0 Å². The van der Waals surface area contributed by atoms with E-state index in [4.69, 9.17) is 0 Å². The number of hydrogen-bond acceptors (Lipinski definition) is 3. The number of carbonyl (C=O) groups is 1. The molecule has 100 valence electrons. The molecule has 0 heterocycles. The third-order valence-corrected chi connectivity index (χ3v) is 2.79. The molecule has 0 aliphatic carbocycles. The minimum absolute atomic E-state index is 0.0827. The molecule has 0 saturated carbocycles. The average Bonchev–Trinajstić information content (AvgIpc) is 2.28. The van der Waals surface area contributed by atoms with Crippen LogP contribution in [-0.4, -0.2) is 55.0 Å². The molecule has 0 unspecified atom stereocenters. The molecule has 0 radical (unpaired) electrons. The van der Waals surface area contributed by atoms with Gasteiger partial charge in [0.25, 0.3) is 0 Å². The summed E-state index contributed by atoms with van der Waals surface area (Å²) in [5.74, 6) is 0.287. The maximum atomic E-state index is 11.9. The summed E-state index contributed by atoms with van der Waals surface area (Å²) in [6.07, 6.45) is 1.31. The Morgan fingerprint density at radius 2 is 1.94 bits per heavy atom. The first-order chi connectivity index (χ1) is 8.49. The Kier molecular flexibility index (Phi) is 5.65. The number of aromatic hydroxyl groups is 1. The monoisotopic (exact) mass is 250 g/mol. The zero-order valence-electron chi connectivity index (χ0n) is 11.4. The summed E-state index contributed by atoms with van der Waals surface area (Å²) in [4.78, 5) is 15.8. The smallest absolute Gasteiger partial charge is 0.226 e. The highest BCUT2D eigenvalue weighted by Gasteiger charge is 2.09. The van der Waals surface area contributed by atoms with Crippen molar-refractivity contribution in [2.45, 2.75) is 12.8 Å². The Hall–Kier alpha value is -1.55. The highest BCUT2D eigenvalue weighted by Crippen LogP contribution is 2.12. The maximum Gasteiger partial charge on any atom is 0.226 e. The van der Waals surface area contributed by atoms with Gasteiger partial charge in [0.2, 0.25) is 5.91 Å². The van der Waals surface area contributed by atoms with Crippen molar-refractivity contribution < 1.29 is 9.90 Å². The van der Waals surface area contributed by atoms with Gasteiger partial charge >= 0.3 is 0 Å². The zero-order chi connectivity index (χ0) is 13.5. The Bertz CT molecular complexity index is 391. The standard InChI is InChI=1S/C14H22N2O2/c1-15(2)8-5-9-16(3)14(18)11-12-6-4-7-13(17)10-12/h4,6-7,10,17H,5,8-9,11H2,1-3H3. The molecule has 0 spiro atoms. The number of benzene rings is 1. The van der Waals surface area contributed by atoms with Crippen LogP contribution in [-0.2, 0) is 11.2 Å². The normalized spacial score (nSPS) is 10.7. The highest BCUT2D eigenvalue weighted by atomic mass is 16.3. The molecule has 0 saturated heterocycles. The molecule has 1 amide bonds. The van der Waals surface area contributed by atoms with Crippen LogP contribution in [0.4, 0.5) is 0 Å². The number of hydrogen-bond donors (Lipinski definition) is 1. The molecular formula is C14H22N2O2. The Morgan fingerprint density at radius 3 is 2.56 bits per heavy atom. The van der Waals surface area contributed by atoms with Crippen molar-refractivity contribution >= 4 is 5.91 Å². The average molecular weight is 250 g/mol. The van der Waals surface area contributed by atoms with Crippen LogP contribution in [0.5, 0.6) is 5.75 Å². The van der Waals surface area contributed by atoms with Crippen molar-refractivity contribution in [3.63, 3.8) is 0 Å². The molecule has 0 fully saturated rings. The number of likely N-dealkylation sites (N-methyl/N-ethyl adjacent to an activating group) is 1. The van der Waals surface area contributed by atoms with E-state index in [9.17, 15) is 9.90 Å². The van der Waals surface area contributed by atoms with Gasteiger partial charge in [0, 0.05) is 13.6 Å². The quantitative estimate of drug-likeness (QED) is 0.828. The Morgan fingerprint density at radius 1 is 1.22 bits per heavy atom. The third-order valence-electron chi connectivity index (χ3n) is 2.79. The highest BCUT2D eigenvalue weighted by molar-refractivity contribution is 5.78. The number of rotatable bonds is 6.